The number of likely N-dealkylation sites (tertiary alicyclic amines) is 1. The van der Waals surface area contributed by atoms with Crippen LogP contribution in [0.25, 0.3) is 0 Å². The molecule has 2 aliphatic rings. The van der Waals surface area contributed by atoms with Gasteiger partial charge in [-0.1, -0.05) is 13.0 Å². The van der Waals surface area contributed by atoms with E-state index < -0.39 is 0 Å². The predicted octanol–water partition coefficient (Wildman–Crippen LogP) is 1.71. The number of aliphatic imine (C=N–C) groups is 1. The van der Waals surface area contributed by atoms with Crippen molar-refractivity contribution in [2.45, 2.75) is 32.4 Å². The molecular formula is C17H25IN4O3. The highest BCUT2D eigenvalue weighted by molar-refractivity contribution is 14.0. The molecule has 138 valence electrons. The van der Waals surface area contributed by atoms with Crippen molar-refractivity contribution in [1.82, 2.24) is 15.5 Å². The monoisotopic (exact) mass is 460 g/mol. The highest BCUT2D eigenvalue weighted by Crippen LogP contribution is 2.32. The number of nitrogens with zero attached hydrogens (tertiary/aromatic N) is 2. The minimum atomic E-state index is 0. The van der Waals surface area contributed by atoms with Gasteiger partial charge in [0.1, 0.15) is 0 Å². The number of fused-ring (bicyclic) bond motifs is 1. The maximum absolute atomic E-state index is 11.7. The Balaban J connectivity index is 0.00000225. The fourth-order valence-corrected chi connectivity index (χ4v) is 2.95. The quantitative estimate of drug-likeness (QED) is 0.407. The second kappa shape index (κ2) is 9.12. The van der Waals surface area contributed by atoms with Crippen LogP contribution in [-0.2, 0) is 11.3 Å². The number of guanidine groups is 1. The summed E-state index contributed by atoms with van der Waals surface area (Å²) in [6.07, 6.45) is 1.50. The fraction of sp³-hybridized carbons (Fsp3) is 0.529. The number of benzene rings is 1. The van der Waals surface area contributed by atoms with Crippen LogP contribution in [0.15, 0.2) is 23.2 Å². The molecule has 1 unspecified atom stereocenters. The van der Waals surface area contributed by atoms with Crippen molar-refractivity contribution in [1.29, 1.82) is 0 Å². The third-order valence-electron chi connectivity index (χ3n) is 4.30. The number of carbonyl (C=O) groups excluding carboxylic acids is 1. The van der Waals surface area contributed by atoms with Crippen molar-refractivity contribution in [2.24, 2.45) is 4.99 Å². The highest BCUT2D eigenvalue weighted by atomic mass is 127. The van der Waals surface area contributed by atoms with Crippen LogP contribution in [0.2, 0.25) is 0 Å². The SMILES string of the molecule is CCC(=O)N1CCC(NC(=NC)NCc2ccc3c(c2)OCO3)C1.I. The molecule has 1 amide bonds. The number of carbonyl (C=O) groups is 1. The molecule has 1 saturated heterocycles. The summed E-state index contributed by atoms with van der Waals surface area (Å²) in [5.41, 5.74) is 1.09. The summed E-state index contributed by atoms with van der Waals surface area (Å²) in [6.45, 7) is 4.36. The van der Waals surface area contributed by atoms with Gasteiger partial charge in [0.15, 0.2) is 17.5 Å². The zero-order valence-electron chi connectivity index (χ0n) is 14.6. The van der Waals surface area contributed by atoms with Crippen LogP contribution in [0.1, 0.15) is 25.3 Å². The van der Waals surface area contributed by atoms with Crippen molar-refractivity contribution >= 4 is 35.8 Å². The van der Waals surface area contributed by atoms with Crippen LogP contribution < -0.4 is 20.1 Å². The van der Waals surface area contributed by atoms with E-state index in [9.17, 15) is 4.79 Å². The van der Waals surface area contributed by atoms with E-state index in [0.717, 1.165) is 42.5 Å². The molecule has 1 fully saturated rings. The lowest BCUT2D eigenvalue weighted by Crippen LogP contribution is -2.44. The largest absolute Gasteiger partial charge is 0.454 e. The molecule has 25 heavy (non-hydrogen) atoms. The Morgan fingerprint density at radius 1 is 1.36 bits per heavy atom. The van der Waals surface area contributed by atoms with Gasteiger partial charge in [0.05, 0.1) is 0 Å². The van der Waals surface area contributed by atoms with Gasteiger partial charge >= 0.3 is 0 Å². The van der Waals surface area contributed by atoms with E-state index in [1.54, 1.807) is 7.05 Å². The highest BCUT2D eigenvalue weighted by Gasteiger charge is 2.25. The van der Waals surface area contributed by atoms with Gasteiger partial charge < -0.3 is 25.0 Å². The van der Waals surface area contributed by atoms with Crippen LogP contribution in [0, 0.1) is 0 Å². The smallest absolute Gasteiger partial charge is 0.231 e. The molecule has 2 N–H and O–H groups in total. The van der Waals surface area contributed by atoms with E-state index >= 15 is 0 Å². The molecule has 0 bridgehead atoms. The number of rotatable bonds is 4. The van der Waals surface area contributed by atoms with Gasteiger partial charge in [-0.05, 0) is 24.1 Å². The molecule has 0 radical (unpaired) electrons. The average Bonchev–Trinajstić information content (AvgIpc) is 3.26. The molecule has 1 atom stereocenters. The first kappa shape index (κ1) is 19.6. The first-order chi connectivity index (χ1) is 11.7. The van der Waals surface area contributed by atoms with Gasteiger partial charge in [-0.15, -0.1) is 24.0 Å². The van der Waals surface area contributed by atoms with Crippen LogP contribution in [0.5, 0.6) is 11.5 Å². The van der Waals surface area contributed by atoms with Crippen molar-refractivity contribution in [2.75, 3.05) is 26.9 Å². The summed E-state index contributed by atoms with van der Waals surface area (Å²) >= 11 is 0. The Kier molecular flexibility index (Phi) is 7.15. The van der Waals surface area contributed by atoms with E-state index in [2.05, 4.69) is 15.6 Å². The summed E-state index contributed by atoms with van der Waals surface area (Å²) in [5, 5.41) is 6.69. The van der Waals surface area contributed by atoms with E-state index in [4.69, 9.17) is 9.47 Å². The number of hydrogen-bond donors (Lipinski definition) is 2. The number of amides is 1. The summed E-state index contributed by atoms with van der Waals surface area (Å²) in [5.74, 6) is 2.51. The lowest BCUT2D eigenvalue weighted by atomic mass is 10.2. The lowest BCUT2D eigenvalue weighted by molar-refractivity contribution is -0.129. The first-order valence-electron chi connectivity index (χ1n) is 8.33. The minimum Gasteiger partial charge on any atom is -0.454 e. The van der Waals surface area contributed by atoms with E-state index in [1.807, 2.05) is 30.0 Å². The zero-order valence-corrected chi connectivity index (χ0v) is 16.9. The second-order valence-corrected chi connectivity index (χ2v) is 5.94. The van der Waals surface area contributed by atoms with Gasteiger partial charge in [0, 0.05) is 39.1 Å². The molecule has 1 aromatic carbocycles. The number of halogens is 1. The van der Waals surface area contributed by atoms with Crippen LogP contribution in [-0.4, -0.2) is 49.7 Å². The normalized spacial score (nSPS) is 18.7. The summed E-state index contributed by atoms with van der Waals surface area (Å²) in [7, 11) is 1.75. The molecular weight excluding hydrogens is 435 g/mol. The van der Waals surface area contributed by atoms with Crippen molar-refractivity contribution in [3.8, 4) is 11.5 Å². The second-order valence-electron chi connectivity index (χ2n) is 5.94. The first-order valence-corrected chi connectivity index (χ1v) is 8.33. The zero-order chi connectivity index (χ0) is 16.9. The molecule has 7 nitrogen and oxygen atoms in total. The van der Waals surface area contributed by atoms with Gasteiger partial charge in [0.25, 0.3) is 0 Å². The number of hydrogen-bond acceptors (Lipinski definition) is 4. The van der Waals surface area contributed by atoms with Crippen LogP contribution >= 0.6 is 24.0 Å². The Hall–Kier alpha value is -1.71. The molecule has 3 rings (SSSR count). The molecule has 1 aromatic rings. The third-order valence-corrected chi connectivity index (χ3v) is 4.30. The van der Waals surface area contributed by atoms with Crippen molar-refractivity contribution in [3.05, 3.63) is 23.8 Å². The molecule has 8 heteroatoms. The standard InChI is InChI=1S/C17H24N4O3.HI/c1-3-16(22)21-7-6-13(10-21)20-17(18-2)19-9-12-4-5-14-15(8-12)24-11-23-14;/h4-5,8,13H,3,6-7,9-11H2,1-2H3,(H2,18,19,20);1H. The predicted molar refractivity (Wildman–Crippen MR) is 107 cm³/mol. The van der Waals surface area contributed by atoms with Crippen LogP contribution in [0.3, 0.4) is 0 Å². The van der Waals surface area contributed by atoms with Gasteiger partial charge in [-0.25, -0.2) is 0 Å². The van der Waals surface area contributed by atoms with Crippen LogP contribution in [0.4, 0.5) is 0 Å². The third kappa shape index (κ3) is 4.90. The fourth-order valence-electron chi connectivity index (χ4n) is 2.95. The molecule has 0 spiro atoms. The van der Waals surface area contributed by atoms with E-state index in [-0.39, 0.29) is 42.7 Å². The topological polar surface area (TPSA) is 75.2 Å². The Morgan fingerprint density at radius 2 is 2.16 bits per heavy atom. The maximum Gasteiger partial charge on any atom is 0.231 e. The molecule has 0 aliphatic carbocycles. The number of nitrogens with one attached hydrogen (secondary N) is 2. The molecule has 0 aromatic heterocycles. The minimum absolute atomic E-state index is 0. The van der Waals surface area contributed by atoms with E-state index in [0.29, 0.717) is 13.0 Å². The molecule has 0 saturated carbocycles. The summed E-state index contributed by atoms with van der Waals surface area (Å²) < 4.78 is 10.7. The molecule has 2 heterocycles. The summed E-state index contributed by atoms with van der Waals surface area (Å²) in [6, 6.07) is 6.13. The van der Waals surface area contributed by atoms with Gasteiger partial charge in [-0.2, -0.15) is 0 Å². The Bertz CT molecular complexity index is 638. The number of ether oxygens (including phenoxy) is 2. The summed E-state index contributed by atoms with van der Waals surface area (Å²) in [4.78, 5) is 17.9. The maximum atomic E-state index is 11.7. The van der Waals surface area contributed by atoms with E-state index in [1.165, 1.54) is 0 Å². The Labute approximate surface area is 165 Å². The van der Waals surface area contributed by atoms with Crippen molar-refractivity contribution in [3.63, 3.8) is 0 Å². The Morgan fingerprint density at radius 3 is 2.92 bits per heavy atom. The van der Waals surface area contributed by atoms with Gasteiger partial charge in [0.2, 0.25) is 12.7 Å². The lowest BCUT2D eigenvalue weighted by Gasteiger charge is -2.18. The average molecular weight is 460 g/mol. The van der Waals surface area contributed by atoms with Crippen molar-refractivity contribution < 1.29 is 14.3 Å². The molecule has 2 aliphatic heterocycles. The van der Waals surface area contributed by atoms with Gasteiger partial charge in [-0.3, -0.25) is 9.79 Å².